The zero-order valence-electron chi connectivity index (χ0n) is 17.1. The van der Waals surface area contributed by atoms with Crippen LogP contribution in [-0.2, 0) is 0 Å². The first-order chi connectivity index (χ1) is 12.3. The van der Waals surface area contributed by atoms with Gasteiger partial charge in [0.05, 0.1) is 0 Å². The normalized spacial score (nSPS) is 32.0. The van der Waals surface area contributed by atoms with Crippen LogP contribution in [0, 0.1) is 16.7 Å². The van der Waals surface area contributed by atoms with Gasteiger partial charge in [0.15, 0.2) is 0 Å². The molecule has 3 atom stereocenters. The first-order valence-electron chi connectivity index (χ1n) is 9.57. The van der Waals surface area contributed by atoms with Crippen molar-refractivity contribution in [2.45, 2.75) is 103 Å². The molecule has 168 valence electrons. The summed E-state index contributed by atoms with van der Waals surface area (Å²) in [5, 5.41) is 10.3. The number of hydrogen-bond donors (Lipinski definition) is 1. The zero-order chi connectivity index (χ0) is 22.6. The Morgan fingerprint density at radius 3 is 1.50 bits per heavy atom. The molecule has 0 radical (unpaired) electrons. The van der Waals surface area contributed by atoms with E-state index < -0.39 is 65.3 Å². The lowest BCUT2D eigenvalue weighted by Crippen LogP contribution is -2.70. The van der Waals surface area contributed by atoms with Gasteiger partial charge in [0, 0.05) is 17.8 Å². The molecule has 1 fully saturated rings. The quantitative estimate of drug-likeness (QED) is 0.438. The van der Waals surface area contributed by atoms with Crippen LogP contribution in [0.1, 0.15) is 73.6 Å². The highest BCUT2D eigenvalue weighted by Crippen LogP contribution is 2.71. The summed E-state index contributed by atoms with van der Waals surface area (Å²) in [5.41, 5.74) is -13.7. The molecule has 0 aromatic carbocycles. The first-order valence-corrected chi connectivity index (χ1v) is 9.57. The molecule has 1 N–H and O–H groups in total. The molecule has 9 heteroatoms. The third-order valence-corrected chi connectivity index (χ3v) is 7.67. The molecule has 0 spiro atoms. The zero-order valence-corrected chi connectivity index (χ0v) is 17.1. The molecule has 1 aliphatic rings. The highest BCUT2D eigenvalue weighted by atomic mass is 19.4. The summed E-state index contributed by atoms with van der Waals surface area (Å²) < 4.78 is 117. The highest BCUT2D eigenvalue weighted by Gasteiger charge is 2.91. The van der Waals surface area contributed by atoms with Crippen LogP contribution in [0.4, 0.5) is 35.1 Å². The molecule has 0 aromatic rings. The average molecular weight is 426 g/mol. The monoisotopic (exact) mass is 426 g/mol. The Morgan fingerprint density at radius 1 is 0.821 bits per heavy atom. The van der Waals surface area contributed by atoms with Crippen LogP contribution in [0.15, 0.2) is 0 Å². The molecule has 0 bridgehead atoms. The molecule has 0 heterocycles. The van der Waals surface area contributed by atoms with Gasteiger partial charge in [0.1, 0.15) is 0 Å². The number of alkyl halides is 8. The summed E-state index contributed by atoms with van der Waals surface area (Å²) in [6, 6.07) is 0. The fourth-order valence-corrected chi connectivity index (χ4v) is 4.44. The Morgan fingerprint density at radius 2 is 1.21 bits per heavy atom. The molecule has 1 saturated carbocycles. The van der Waals surface area contributed by atoms with Crippen molar-refractivity contribution in [2.24, 2.45) is 16.7 Å². The van der Waals surface area contributed by atoms with Crippen LogP contribution < -0.4 is 0 Å². The van der Waals surface area contributed by atoms with Crippen LogP contribution in [0.3, 0.4) is 0 Å². The van der Waals surface area contributed by atoms with Crippen molar-refractivity contribution in [3.05, 3.63) is 0 Å². The molecule has 28 heavy (non-hydrogen) atoms. The Balaban J connectivity index is 3.88. The van der Waals surface area contributed by atoms with Crippen LogP contribution in [0.25, 0.3) is 0 Å². The largest absolute Gasteiger partial charge is 0.423 e. The van der Waals surface area contributed by atoms with Crippen molar-refractivity contribution in [3.63, 3.8) is 0 Å². The Kier molecular flexibility index (Phi) is 6.34. The second-order valence-corrected chi connectivity index (χ2v) is 8.60. The van der Waals surface area contributed by atoms with Crippen LogP contribution in [-0.4, -0.2) is 34.4 Å². The third kappa shape index (κ3) is 2.81. The second-order valence-electron chi connectivity index (χ2n) is 8.60. The fraction of sp³-hybridized carbons (Fsp3) is 1.00. The van der Waals surface area contributed by atoms with Gasteiger partial charge in [-0.25, -0.2) is 13.2 Å². The summed E-state index contributed by atoms with van der Waals surface area (Å²) in [6.07, 6.45) is -8.87. The SMILES string of the molecule is CCC(C)(CC)C1CC(F)(C(F)(F)C(C)(CC)CC)C(F)(F)C1(O)C(F)(F)F. The van der Waals surface area contributed by atoms with E-state index in [-0.39, 0.29) is 12.8 Å². The highest BCUT2D eigenvalue weighted by molar-refractivity contribution is 5.27. The minimum Gasteiger partial charge on any atom is -0.376 e. The van der Waals surface area contributed by atoms with E-state index in [9.17, 15) is 18.3 Å². The van der Waals surface area contributed by atoms with E-state index in [0.29, 0.717) is 0 Å². The molecular formula is C19H30F8O. The van der Waals surface area contributed by atoms with Gasteiger partial charge in [-0.05, 0) is 18.3 Å². The first kappa shape index (κ1) is 25.4. The summed E-state index contributed by atoms with van der Waals surface area (Å²) >= 11 is 0. The summed E-state index contributed by atoms with van der Waals surface area (Å²) in [7, 11) is 0. The van der Waals surface area contributed by atoms with E-state index >= 15 is 22.0 Å². The van der Waals surface area contributed by atoms with E-state index in [1.807, 2.05) is 0 Å². The van der Waals surface area contributed by atoms with Gasteiger partial charge in [-0.2, -0.15) is 22.0 Å². The molecular weight excluding hydrogens is 396 g/mol. The Hall–Kier alpha value is -0.600. The van der Waals surface area contributed by atoms with Gasteiger partial charge >= 0.3 is 12.1 Å². The molecule has 1 rings (SSSR count). The van der Waals surface area contributed by atoms with Crippen molar-refractivity contribution in [3.8, 4) is 0 Å². The van der Waals surface area contributed by atoms with E-state index in [4.69, 9.17) is 0 Å². The molecule has 0 saturated heterocycles. The van der Waals surface area contributed by atoms with Crippen LogP contribution >= 0.6 is 0 Å². The Bertz CT molecular complexity index is 565. The van der Waals surface area contributed by atoms with Gasteiger partial charge in [-0.15, -0.1) is 0 Å². The van der Waals surface area contributed by atoms with Gasteiger partial charge in [0.2, 0.25) is 11.3 Å². The molecule has 1 nitrogen and oxygen atoms in total. The number of rotatable bonds is 7. The number of halogens is 8. The summed E-state index contributed by atoms with van der Waals surface area (Å²) in [5.74, 6) is -13.0. The lowest BCUT2D eigenvalue weighted by molar-refractivity contribution is -0.374. The van der Waals surface area contributed by atoms with E-state index in [1.54, 1.807) is 0 Å². The maximum atomic E-state index is 15.7. The molecule has 0 aliphatic heterocycles. The van der Waals surface area contributed by atoms with Gasteiger partial charge in [-0.3, -0.25) is 0 Å². The van der Waals surface area contributed by atoms with Crippen molar-refractivity contribution >= 4 is 0 Å². The average Bonchev–Trinajstić information content (AvgIpc) is 2.79. The minimum absolute atomic E-state index is 0.122. The predicted molar refractivity (Wildman–Crippen MR) is 90.2 cm³/mol. The van der Waals surface area contributed by atoms with Crippen molar-refractivity contribution < 1.29 is 40.2 Å². The number of aliphatic hydroxyl groups is 1. The van der Waals surface area contributed by atoms with E-state index in [0.717, 1.165) is 6.92 Å². The maximum absolute atomic E-state index is 15.7. The molecule has 1 aliphatic carbocycles. The van der Waals surface area contributed by atoms with Crippen LogP contribution in [0.5, 0.6) is 0 Å². The van der Waals surface area contributed by atoms with Crippen molar-refractivity contribution in [2.75, 3.05) is 0 Å². The topological polar surface area (TPSA) is 20.2 Å². The minimum atomic E-state index is -5.99. The smallest absolute Gasteiger partial charge is 0.376 e. The molecule has 3 unspecified atom stereocenters. The number of hydrogen-bond acceptors (Lipinski definition) is 1. The lowest BCUT2D eigenvalue weighted by atomic mass is 9.66. The van der Waals surface area contributed by atoms with Gasteiger partial charge < -0.3 is 5.11 Å². The lowest BCUT2D eigenvalue weighted by Gasteiger charge is -2.47. The standard InChI is InChI=1S/C19H30F8O/c1-7-13(5,8-2)12-11-15(20,17(21,22)14(6,9-3)10-4)18(23,24)16(12,28)19(25,26)27/h12,28H,7-11H2,1-6H3. The van der Waals surface area contributed by atoms with Gasteiger partial charge in [0.25, 0.3) is 5.92 Å². The second kappa shape index (κ2) is 6.98. The maximum Gasteiger partial charge on any atom is 0.423 e. The van der Waals surface area contributed by atoms with Crippen LogP contribution in [0.2, 0.25) is 0 Å². The van der Waals surface area contributed by atoms with E-state index in [2.05, 4.69) is 0 Å². The van der Waals surface area contributed by atoms with E-state index in [1.165, 1.54) is 34.6 Å². The fourth-order valence-electron chi connectivity index (χ4n) is 4.44. The summed E-state index contributed by atoms with van der Waals surface area (Å²) in [4.78, 5) is 0. The molecule has 0 amide bonds. The third-order valence-electron chi connectivity index (χ3n) is 7.67. The Labute approximate surface area is 160 Å². The van der Waals surface area contributed by atoms with Crippen molar-refractivity contribution in [1.29, 1.82) is 0 Å². The predicted octanol–water partition coefficient (Wildman–Crippen LogP) is 6.93. The van der Waals surface area contributed by atoms with Crippen molar-refractivity contribution in [1.82, 2.24) is 0 Å². The van der Waals surface area contributed by atoms with Gasteiger partial charge in [-0.1, -0.05) is 54.4 Å². The summed E-state index contributed by atoms with van der Waals surface area (Å²) in [6.45, 7) is 7.34. The molecule has 0 aromatic heterocycles.